The summed E-state index contributed by atoms with van der Waals surface area (Å²) in [5.74, 6) is 0. The topological polar surface area (TPSA) is 3.24 Å². The summed E-state index contributed by atoms with van der Waals surface area (Å²) < 4.78 is 0. The van der Waals surface area contributed by atoms with Crippen LogP contribution in [0.5, 0.6) is 0 Å². The molecule has 1 heteroatoms. The summed E-state index contributed by atoms with van der Waals surface area (Å²) in [6.07, 6.45) is 4.79. The Kier molecular flexibility index (Phi) is 2.34. The van der Waals surface area contributed by atoms with Gasteiger partial charge in [-0.2, -0.15) is 0 Å². The van der Waals surface area contributed by atoms with E-state index in [1.165, 1.54) is 12.0 Å². The van der Waals surface area contributed by atoms with Crippen LogP contribution in [0.3, 0.4) is 0 Å². The second-order valence-corrected chi connectivity index (χ2v) is 6.00. The Morgan fingerprint density at radius 2 is 2.13 bits per heavy atom. The Morgan fingerprint density at radius 3 is 2.67 bits per heavy atom. The number of hydrogen-bond donors (Lipinski definition) is 0. The van der Waals surface area contributed by atoms with Gasteiger partial charge in [0.15, 0.2) is 0 Å². The normalized spacial score (nSPS) is 32.0. The minimum atomic E-state index is 0.277. The van der Waals surface area contributed by atoms with Crippen LogP contribution >= 0.6 is 0 Å². The molecule has 84 valence electrons. The highest BCUT2D eigenvalue weighted by atomic mass is 15.2. The van der Waals surface area contributed by atoms with Gasteiger partial charge in [-0.1, -0.05) is 51.5 Å². The van der Waals surface area contributed by atoms with Gasteiger partial charge in [-0.15, -0.1) is 0 Å². The molecule has 0 aromatic carbocycles. The van der Waals surface area contributed by atoms with E-state index < -0.39 is 0 Å². The van der Waals surface area contributed by atoms with Gasteiger partial charge >= 0.3 is 0 Å². The molecule has 2 aliphatic heterocycles. The molecule has 0 aromatic rings. The van der Waals surface area contributed by atoms with E-state index in [2.05, 4.69) is 45.2 Å². The first-order valence-electron chi connectivity index (χ1n) is 6.03. The van der Waals surface area contributed by atoms with E-state index in [1.807, 2.05) is 0 Å². The van der Waals surface area contributed by atoms with Crippen LogP contribution in [0.25, 0.3) is 0 Å². The van der Waals surface area contributed by atoms with E-state index in [9.17, 15) is 0 Å². The summed E-state index contributed by atoms with van der Waals surface area (Å²) in [7, 11) is 0. The fourth-order valence-corrected chi connectivity index (χ4v) is 3.52. The van der Waals surface area contributed by atoms with Crippen LogP contribution in [0.2, 0.25) is 0 Å². The average Bonchev–Trinajstić information content (AvgIpc) is 2.57. The molecule has 2 aliphatic rings. The summed E-state index contributed by atoms with van der Waals surface area (Å²) >= 11 is 0. The Labute approximate surface area is 93.9 Å². The highest BCUT2D eigenvalue weighted by Crippen LogP contribution is 2.52. The molecule has 1 saturated heterocycles. The van der Waals surface area contributed by atoms with Gasteiger partial charge in [0.05, 0.1) is 5.54 Å². The zero-order valence-corrected chi connectivity index (χ0v) is 10.6. The summed E-state index contributed by atoms with van der Waals surface area (Å²) in [5, 5.41) is 0. The molecule has 0 aromatic heterocycles. The second-order valence-electron chi connectivity index (χ2n) is 6.00. The Morgan fingerprint density at radius 1 is 1.47 bits per heavy atom. The number of nitrogens with zero attached hydrogens (tertiary/aromatic N) is 1. The van der Waals surface area contributed by atoms with E-state index in [0.29, 0.717) is 5.41 Å². The molecule has 15 heavy (non-hydrogen) atoms. The van der Waals surface area contributed by atoms with Gasteiger partial charge in [0.1, 0.15) is 0 Å². The monoisotopic (exact) mass is 205 g/mol. The van der Waals surface area contributed by atoms with Crippen molar-refractivity contribution in [2.24, 2.45) is 5.41 Å². The predicted molar refractivity (Wildman–Crippen MR) is 65.9 cm³/mol. The molecule has 0 bridgehead atoms. The number of hydrogen-bond acceptors (Lipinski definition) is 1. The number of rotatable bonds is 1. The molecule has 0 amide bonds. The maximum atomic E-state index is 4.20. The molecule has 0 radical (unpaired) electrons. The lowest BCUT2D eigenvalue weighted by Gasteiger charge is -2.46. The Balaban J connectivity index is 2.46. The quantitative estimate of drug-likeness (QED) is 0.593. The molecular formula is C14H23N. The van der Waals surface area contributed by atoms with E-state index >= 15 is 0 Å². The molecule has 2 rings (SSSR count). The second kappa shape index (κ2) is 3.21. The fourth-order valence-electron chi connectivity index (χ4n) is 3.52. The standard InChI is InChI=1S/C14H23N/c1-6-12-7-8-15-10-11(2)9-14(12,15)13(3,4)5/h7H,2,6,8-10H2,1,3-5H3. The highest BCUT2D eigenvalue weighted by molar-refractivity contribution is 5.37. The van der Waals surface area contributed by atoms with Gasteiger partial charge in [-0.25, -0.2) is 0 Å². The first kappa shape index (κ1) is 10.9. The van der Waals surface area contributed by atoms with Crippen molar-refractivity contribution < 1.29 is 0 Å². The van der Waals surface area contributed by atoms with Gasteiger partial charge in [0, 0.05) is 13.1 Å². The zero-order valence-electron chi connectivity index (χ0n) is 10.6. The largest absolute Gasteiger partial charge is 0.286 e. The lowest BCUT2D eigenvalue weighted by Crippen LogP contribution is -2.51. The maximum Gasteiger partial charge on any atom is 0.0513 e. The predicted octanol–water partition coefficient (Wildman–Crippen LogP) is 3.38. The van der Waals surface area contributed by atoms with Gasteiger partial charge in [-0.3, -0.25) is 4.90 Å². The molecule has 2 heterocycles. The molecule has 1 nitrogen and oxygen atoms in total. The van der Waals surface area contributed by atoms with Gasteiger partial charge in [0.2, 0.25) is 0 Å². The van der Waals surface area contributed by atoms with Crippen LogP contribution in [0.15, 0.2) is 23.8 Å². The van der Waals surface area contributed by atoms with Gasteiger partial charge < -0.3 is 0 Å². The average molecular weight is 205 g/mol. The minimum absolute atomic E-state index is 0.277. The molecule has 0 saturated carbocycles. The molecule has 1 unspecified atom stereocenters. The molecule has 1 fully saturated rings. The van der Waals surface area contributed by atoms with E-state index in [4.69, 9.17) is 0 Å². The van der Waals surface area contributed by atoms with Crippen molar-refractivity contribution in [3.05, 3.63) is 23.8 Å². The Bertz CT molecular complexity index is 319. The van der Waals surface area contributed by atoms with Crippen molar-refractivity contribution in [3.8, 4) is 0 Å². The minimum Gasteiger partial charge on any atom is -0.286 e. The van der Waals surface area contributed by atoms with Gasteiger partial charge in [-0.05, 0) is 18.3 Å². The SMILES string of the molecule is C=C1CN2CC=C(CC)C2(C(C)(C)C)C1. The summed E-state index contributed by atoms with van der Waals surface area (Å²) in [6, 6.07) is 0. The lowest BCUT2D eigenvalue weighted by atomic mass is 9.67. The summed E-state index contributed by atoms with van der Waals surface area (Å²) in [5.41, 5.74) is 3.63. The van der Waals surface area contributed by atoms with E-state index in [0.717, 1.165) is 19.5 Å². The summed E-state index contributed by atoms with van der Waals surface area (Å²) in [6.45, 7) is 15.8. The van der Waals surface area contributed by atoms with Crippen LogP contribution < -0.4 is 0 Å². The third kappa shape index (κ3) is 1.32. The van der Waals surface area contributed by atoms with Crippen molar-refractivity contribution in [1.82, 2.24) is 4.90 Å². The molecule has 0 spiro atoms. The highest BCUT2D eigenvalue weighted by Gasteiger charge is 2.54. The number of fused-ring (bicyclic) bond motifs is 1. The third-order valence-electron chi connectivity index (χ3n) is 4.17. The van der Waals surface area contributed by atoms with Gasteiger partial charge in [0.25, 0.3) is 0 Å². The smallest absolute Gasteiger partial charge is 0.0513 e. The summed E-state index contributed by atoms with van der Waals surface area (Å²) in [4.78, 5) is 2.62. The zero-order chi connectivity index (χ0) is 11.3. The van der Waals surface area contributed by atoms with E-state index in [1.54, 1.807) is 5.57 Å². The fraction of sp³-hybridized carbons (Fsp3) is 0.714. The van der Waals surface area contributed by atoms with Crippen molar-refractivity contribution in [1.29, 1.82) is 0 Å². The van der Waals surface area contributed by atoms with E-state index in [-0.39, 0.29) is 5.54 Å². The third-order valence-corrected chi connectivity index (χ3v) is 4.17. The van der Waals surface area contributed by atoms with Crippen molar-refractivity contribution in [3.63, 3.8) is 0 Å². The molecular weight excluding hydrogens is 182 g/mol. The van der Waals surface area contributed by atoms with Crippen molar-refractivity contribution in [2.45, 2.75) is 46.1 Å². The molecule has 0 N–H and O–H groups in total. The lowest BCUT2D eigenvalue weighted by molar-refractivity contribution is 0.0826. The molecule has 1 atom stereocenters. The first-order valence-corrected chi connectivity index (χ1v) is 6.03. The van der Waals surface area contributed by atoms with Crippen LogP contribution in [-0.2, 0) is 0 Å². The maximum absolute atomic E-state index is 4.20. The first-order chi connectivity index (χ1) is 6.91. The van der Waals surface area contributed by atoms with Crippen molar-refractivity contribution in [2.75, 3.05) is 13.1 Å². The van der Waals surface area contributed by atoms with Crippen LogP contribution in [0, 0.1) is 5.41 Å². The molecule has 0 aliphatic carbocycles. The van der Waals surface area contributed by atoms with Crippen LogP contribution in [0.4, 0.5) is 0 Å². The van der Waals surface area contributed by atoms with Crippen LogP contribution in [0.1, 0.15) is 40.5 Å². The van der Waals surface area contributed by atoms with Crippen LogP contribution in [-0.4, -0.2) is 23.5 Å². The van der Waals surface area contributed by atoms with Crippen molar-refractivity contribution >= 4 is 0 Å². The Hall–Kier alpha value is -0.560.